The van der Waals surface area contributed by atoms with Crippen molar-refractivity contribution in [1.29, 1.82) is 0 Å². The smallest absolute Gasteiger partial charge is 0.462 e. The molecule has 0 saturated carbocycles. The second kappa shape index (κ2) is 72.3. The number of phosphoric ester groups is 2. The van der Waals surface area contributed by atoms with Gasteiger partial charge in [-0.1, -0.05) is 376 Å². The molecule has 0 amide bonds. The van der Waals surface area contributed by atoms with E-state index >= 15 is 0 Å². The molecule has 19 heteroatoms. The molecule has 0 bridgehead atoms. The van der Waals surface area contributed by atoms with Crippen LogP contribution in [0.25, 0.3) is 0 Å². The van der Waals surface area contributed by atoms with Gasteiger partial charge < -0.3 is 33.8 Å². The Balaban J connectivity index is 5.21. The zero-order valence-electron chi connectivity index (χ0n) is 66.4. The first-order valence-corrected chi connectivity index (χ1v) is 45.3. The van der Waals surface area contributed by atoms with E-state index in [0.717, 1.165) is 108 Å². The van der Waals surface area contributed by atoms with Crippen molar-refractivity contribution in [2.24, 2.45) is 17.8 Å². The average Bonchev–Trinajstić information content (AvgIpc) is 1.03. The van der Waals surface area contributed by atoms with E-state index in [1.165, 1.54) is 231 Å². The number of esters is 4. The van der Waals surface area contributed by atoms with Crippen LogP contribution in [-0.2, 0) is 65.4 Å². The average molecular weight is 1480 g/mol. The van der Waals surface area contributed by atoms with E-state index in [1.807, 2.05) is 0 Å². The highest BCUT2D eigenvalue weighted by Gasteiger charge is 2.30. The van der Waals surface area contributed by atoms with Crippen LogP contribution in [0.5, 0.6) is 0 Å². The molecule has 0 aromatic heterocycles. The van der Waals surface area contributed by atoms with E-state index < -0.39 is 97.5 Å². The van der Waals surface area contributed by atoms with Gasteiger partial charge in [-0.25, -0.2) is 9.13 Å². The van der Waals surface area contributed by atoms with Gasteiger partial charge >= 0.3 is 39.5 Å². The summed E-state index contributed by atoms with van der Waals surface area (Å²) in [6, 6.07) is 0. The molecule has 5 atom stereocenters. The minimum atomic E-state index is -4.96. The topological polar surface area (TPSA) is 237 Å². The Hall–Kier alpha value is -1.94. The summed E-state index contributed by atoms with van der Waals surface area (Å²) in [7, 11) is -9.92. The molecule has 0 aliphatic carbocycles. The van der Waals surface area contributed by atoms with Gasteiger partial charge in [0.15, 0.2) is 12.2 Å². The monoisotopic (exact) mass is 1480 g/mol. The second-order valence-corrected chi connectivity index (χ2v) is 33.8. The lowest BCUT2D eigenvalue weighted by molar-refractivity contribution is -0.161. The van der Waals surface area contributed by atoms with Crippen molar-refractivity contribution in [3.05, 3.63) is 0 Å². The number of carbonyl (C=O) groups is 4. The number of aliphatic hydroxyl groups excluding tert-OH is 1. The van der Waals surface area contributed by atoms with E-state index in [2.05, 4.69) is 48.5 Å². The molecule has 0 radical (unpaired) electrons. The maximum atomic E-state index is 13.1. The zero-order chi connectivity index (χ0) is 74.4. The van der Waals surface area contributed by atoms with Crippen LogP contribution in [0, 0.1) is 17.8 Å². The number of hydrogen-bond donors (Lipinski definition) is 3. The summed E-state index contributed by atoms with van der Waals surface area (Å²) in [5.74, 6) is 0.135. The van der Waals surface area contributed by atoms with E-state index in [0.29, 0.717) is 31.6 Å². The number of hydrogen-bond acceptors (Lipinski definition) is 15. The predicted octanol–water partition coefficient (Wildman–Crippen LogP) is 24.5. The third kappa shape index (κ3) is 76.1. The van der Waals surface area contributed by atoms with Crippen LogP contribution in [0.15, 0.2) is 0 Å². The van der Waals surface area contributed by atoms with Crippen molar-refractivity contribution in [2.75, 3.05) is 39.6 Å². The van der Waals surface area contributed by atoms with Crippen molar-refractivity contribution in [2.45, 2.75) is 446 Å². The Morgan fingerprint density at radius 3 is 0.673 bits per heavy atom. The minimum Gasteiger partial charge on any atom is -0.462 e. The number of rotatable bonds is 80. The van der Waals surface area contributed by atoms with E-state index in [1.54, 1.807) is 0 Å². The Kier molecular flexibility index (Phi) is 70.9. The highest BCUT2D eigenvalue weighted by molar-refractivity contribution is 7.47. The van der Waals surface area contributed by atoms with Crippen molar-refractivity contribution < 1.29 is 80.2 Å². The summed E-state index contributed by atoms with van der Waals surface area (Å²) in [5, 5.41) is 10.6. The number of aliphatic hydroxyl groups is 1. The third-order valence-electron chi connectivity index (χ3n) is 19.1. The summed E-state index contributed by atoms with van der Waals surface area (Å²) < 4.78 is 68.7. The highest BCUT2D eigenvalue weighted by atomic mass is 31.2. The molecule has 0 aliphatic heterocycles. The fourth-order valence-electron chi connectivity index (χ4n) is 12.7. The van der Waals surface area contributed by atoms with Crippen molar-refractivity contribution in [3.8, 4) is 0 Å². The van der Waals surface area contributed by atoms with Crippen LogP contribution >= 0.6 is 15.6 Å². The predicted molar refractivity (Wildman–Crippen MR) is 414 cm³/mol. The SMILES string of the molecule is CCCCCCCCCCCCCCCCCCCCCCCC(=O)O[C@H](COC(=O)CCCCCCCCCCCCCCCCCC(C)C)COP(=O)(O)OC[C@@H](O)COP(=O)(O)OC[C@@H](COC(=O)CCCCCCCCCC(C)C)OC(=O)CCCCCCCCCCCC(C)C. The minimum absolute atomic E-state index is 0.105. The van der Waals surface area contributed by atoms with Crippen LogP contribution in [-0.4, -0.2) is 96.7 Å². The number of unbranched alkanes of at least 4 members (excludes halogenated alkanes) is 48. The van der Waals surface area contributed by atoms with Gasteiger partial charge in [0.1, 0.15) is 19.3 Å². The van der Waals surface area contributed by atoms with E-state index in [9.17, 15) is 43.2 Å². The molecule has 0 heterocycles. The summed E-state index contributed by atoms with van der Waals surface area (Å²) >= 11 is 0. The number of phosphoric acid groups is 2. The maximum Gasteiger partial charge on any atom is 0.472 e. The largest absolute Gasteiger partial charge is 0.472 e. The summed E-state index contributed by atoms with van der Waals surface area (Å²) in [5.41, 5.74) is 0. The van der Waals surface area contributed by atoms with Crippen molar-refractivity contribution in [3.63, 3.8) is 0 Å². The van der Waals surface area contributed by atoms with Gasteiger partial charge in [0.2, 0.25) is 0 Å². The molecule has 101 heavy (non-hydrogen) atoms. The van der Waals surface area contributed by atoms with Crippen LogP contribution in [0.4, 0.5) is 0 Å². The Morgan fingerprint density at radius 2 is 0.455 bits per heavy atom. The summed E-state index contributed by atoms with van der Waals surface area (Å²) in [6.07, 6.45) is 61.3. The van der Waals surface area contributed by atoms with Gasteiger partial charge in [0, 0.05) is 25.7 Å². The molecule has 0 spiro atoms. The summed E-state index contributed by atoms with van der Waals surface area (Å²) in [6.45, 7) is 11.9. The Bertz CT molecular complexity index is 1960. The van der Waals surface area contributed by atoms with Gasteiger partial charge in [-0.15, -0.1) is 0 Å². The quantitative estimate of drug-likeness (QED) is 0.0222. The maximum absolute atomic E-state index is 13.1. The van der Waals surface area contributed by atoms with Crippen LogP contribution in [0.3, 0.4) is 0 Å². The molecule has 0 aromatic carbocycles. The summed E-state index contributed by atoms with van der Waals surface area (Å²) in [4.78, 5) is 73.0. The van der Waals surface area contributed by atoms with Gasteiger partial charge in [0.05, 0.1) is 26.4 Å². The third-order valence-corrected chi connectivity index (χ3v) is 21.0. The van der Waals surface area contributed by atoms with Gasteiger partial charge in [-0.3, -0.25) is 37.3 Å². The van der Waals surface area contributed by atoms with Gasteiger partial charge in [-0.05, 0) is 43.4 Å². The molecule has 0 fully saturated rings. The van der Waals surface area contributed by atoms with Gasteiger partial charge in [0.25, 0.3) is 0 Å². The van der Waals surface area contributed by atoms with Crippen LogP contribution < -0.4 is 0 Å². The molecule has 600 valence electrons. The highest BCUT2D eigenvalue weighted by Crippen LogP contribution is 2.45. The molecular formula is C82H160O17P2. The molecule has 17 nitrogen and oxygen atoms in total. The zero-order valence-corrected chi connectivity index (χ0v) is 68.2. The lowest BCUT2D eigenvalue weighted by Gasteiger charge is -2.21. The molecular weight excluding hydrogens is 1320 g/mol. The molecule has 0 aliphatic rings. The molecule has 0 saturated heterocycles. The number of carbonyl (C=O) groups excluding carboxylic acids is 4. The molecule has 0 rings (SSSR count). The Labute approximate surface area is 619 Å². The lowest BCUT2D eigenvalue weighted by atomic mass is 10.0. The molecule has 3 N–H and O–H groups in total. The first-order valence-electron chi connectivity index (χ1n) is 42.3. The van der Waals surface area contributed by atoms with Crippen LogP contribution in [0.2, 0.25) is 0 Å². The van der Waals surface area contributed by atoms with E-state index in [4.69, 9.17) is 37.0 Å². The molecule has 0 aromatic rings. The lowest BCUT2D eigenvalue weighted by Crippen LogP contribution is -2.30. The van der Waals surface area contributed by atoms with E-state index in [-0.39, 0.29) is 25.7 Å². The first-order chi connectivity index (χ1) is 48.7. The fourth-order valence-corrected chi connectivity index (χ4v) is 14.2. The molecule has 2 unspecified atom stereocenters. The fraction of sp³-hybridized carbons (Fsp3) is 0.951. The Morgan fingerprint density at radius 1 is 0.267 bits per heavy atom. The second-order valence-electron chi connectivity index (χ2n) is 30.9. The van der Waals surface area contributed by atoms with Crippen LogP contribution in [0.1, 0.15) is 427 Å². The van der Waals surface area contributed by atoms with Crippen molar-refractivity contribution >= 4 is 39.5 Å². The van der Waals surface area contributed by atoms with Gasteiger partial charge in [-0.2, -0.15) is 0 Å². The van der Waals surface area contributed by atoms with Crippen molar-refractivity contribution in [1.82, 2.24) is 0 Å². The number of ether oxygens (including phenoxy) is 4. The first kappa shape index (κ1) is 99.1. The normalized spacial score (nSPS) is 14.0. The standard InChI is InChI=1S/C82H160O17P2/c1-8-9-10-11-12-13-14-15-16-17-18-19-20-21-24-28-31-36-43-51-58-65-81(86)98-77(69-92-79(84)63-56-49-42-35-30-27-25-22-23-26-29-33-39-46-53-60-73(2)3)71-96-100(88,89)94-67-76(83)68-95-101(90,91)97-72-78(70-93-80(85)64-57-50-45-38-41-48-55-62-75(6)7)99-82(87)66-59-52-44-37-32-34-40-47-54-61-74(4)5/h73-78,83H,8-72H2,1-7H3,(H,88,89)(H,90,91)/t76-,77-,78-/m1/s1.